The number of hydrogen-bond acceptors (Lipinski definition) is 10. The predicted octanol–water partition coefficient (Wildman–Crippen LogP) is 3.68. The van der Waals surface area contributed by atoms with Crippen LogP contribution in [0.1, 0.15) is 84.8 Å². The van der Waals surface area contributed by atoms with E-state index in [2.05, 4.69) is 31.3 Å². The van der Waals surface area contributed by atoms with Gasteiger partial charge < -0.3 is 45.5 Å². The number of methoxy groups -OCH3 is 1. The lowest BCUT2D eigenvalue weighted by molar-refractivity contribution is -0.141. The first kappa shape index (κ1) is 43.2. The Balaban J connectivity index is 1.61. The molecule has 0 aromatic heterocycles. The van der Waals surface area contributed by atoms with Crippen LogP contribution in [0.5, 0.6) is 0 Å². The highest BCUT2D eigenvalue weighted by molar-refractivity contribution is 5.94. The van der Waals surface area contributed by atoms with Crippen molar-refractivity contribution < 1.29 is 47.7 Å². The largest absolute Gasteiger partial charge is 0.468 e. The van der Waals surface area contributed by atoms with E-state index < -0.39 is 71.7 Å². The summed E-state index contributed by atoms with van der Waals surface area (Å²) in [6.45, 7) is 11.7. The van der Waals surface area contributed by atoms with Gasteiger partial charge in [-0.2, -0.15) is 0 Å². The van der Waals surface area contributed by atoms with Crippen molar-refractivity contribution in [1.82, 2.24) is 26.6 Å². The van der Waals surface area contributed by atoms with Crippen LogP contribution in [0.2, 0.25) is 0 Å². The molecule has 0 spiro atoms. The maximum absolute atomic E-state index is 13.5. The van der Waals surface area contributed by atoms with E-state index in [-0.39, 0.29) is 32.1 Å². The number of benzene rings is 2. The van der Waals surface area contributed by atoms with Crippen molar-refractivity contribution in [3.63, 3.8) is 0 Å². The van der Waals surface area contributed by atoms with Crippen molar-refractivity contribution in [3.8, 4) is 11.1 Å². The van der Waals surface area contributed by atoms with Crippen LogP contribution in [0.15, 0.2) is 48.5 Å². The van der Waals surface area contributed by atoms with Gasteiger partial charge in [0.25, 0.3) is 0 Å². The standard InChI is InChI=1S/C39H55N5O10/c1-24(33(46)43-30(34(47)41-21-32(45)51-8)19-13-14-20-40-36(49)54-39(5,6)7)42-35(48)31(23-53-38(2,3)4)44-37(50)52-22-29-27-17-11-9-15-25(27)26-16-10-12-18-28(26)29/h9-12,15-18,24,29-31H,13-14,19-23H2,1-8H3,(H,40,49)(H,41,47)(H,42,48)(H,43,46)(H,44,50)/t24-,30-,31-/m0/s1. The van der Waals surface area contributed by atoms with Gasteiger partial charge in [0.1, 0.15) is 36.9 Å². The van der Waals surface area contributed by atoms with Gasteiger partial charge in [-0.05, 0) is 90.0 Å². The van der Waals surface area contributed by atoms with Gasteiger partial charge in [0, 0.05) is 12.5 Å². The van der Waals surface area contributed by atoms with E-state index in [0.717, 1.165) is 22.3 Å². The second-order valence-electron chi connectivity index (χ2n) is 15.0. The summed E-state index contributed by atoms with van der Waals surface area (Å²) >= 11 is 0. The van der Waals surface area contributed by atoms with E-state index in [4.69, 9.17) is 14.2 Å². The SMILES string of the molecule is COC(=O)CNC(=O)[C@H](CCCCNC(=O)OC(C)(C)C)NC(=O)[C@H](C)NC(=O)[C@H](COC(C)(C)C)NC(=O)OCC1c2ccccc2-c2ccccc21. The molecule has 1 aliphatic carbocycles. The molecule has 3 atom stereocenters. The first-order valence-electron chi connectivity index (χ1n) is 18.1. The lowest BCUT2D eigenvalue weighted by Crippen LogP contribution is -2.57. The van der Waals surface area contributed by atoms with Crippen LogP contribution >= 0.6 is 0 Å². The number of hydrogen-bond donors (Lipinski definition) is 5. The minimum atomic E-state index is -1.23. The van der Waals surface area contributed by atoms with Crippen molar-refractivity contribution >= 4 is 35.9 Å². The number of alkyl carbamates (subject to hydrolysis) is 2. The van der Waals surface area contributed by atoms with Crippen molar-refractivity contribution in [2.75, 3.05) is 33.4 Å². The van der Waals surface area contributed by atoms with Crippen molar-refractivity contribution in [1.29, 1.82) is 0 Å². The summed E-state index contributed by atoms with van der Waals surface area (Å²) in [6, 6.07) is 12.4. The zero-order chi connectivity index (χ0) is 40.1. The van der Waals surface area contributed by atoms with Gasteiger partial charge in [-0.3, -0.25) is 19.2 Å². The molecule has 2 aromatic rings. The third kappa shape index (κ3) is 14.0. The summed E-state index contributed by atoms with van der Waals surface area (Å²) in [6.07, 6.45) is -0.397. The Bertz CT molecular complexity index is 1590. The Labute approximate surface area is 317 Å². The summed E-state index contributed by atoms with van der Waals surface area (Å²) in [5.74, 6) is -2.91. The lowest BCUT2D eigenvalue weighted by atomic mass is 9.98. The maximum Gasteiger partial charge on any atom is 0.407 e. The van der Waals surface area contributed by atoms with Gasteiger partial charge in [-0.15, -0.1) is 0 Å². The minimum absolute atomic E-state index is 0.0314. The summed E-state index contributed by atoms with van der Waals surface area (Å²) in [5, 5.41) is 12.9. The first-order valence-corrected chi connectivity index (χ1v) is 18.1. The highest BCUT2D eigenvalue weighted by Gasteiger charge is 2.32. The smallest absolute Gasteiger partial charge is 0.407 e. The van der Waals surface area contributed by atoms with Gasteiger partial charge in [0.05, 0.1) is 19.3 Å². The number of fused-ring (bicyclic) bond motifs is 3. The van der Waals surface area contributed by atoms with Crippen LogP contribution in [0.4, 0.5) is 9.59 Å². The molecule has 0 bridgehead atoms. The molecule has 5 amide bonds. The van der Waals surface area contributed by atoms with Gasteiger partial charge in [-0.25, -0.2) is 9.59 Å². The van der Waals surface area contributed by atoms with E-state index >= 15 is 0 Å². The normalized spacial score (nSPS) is 13.9. The van der Waals surface area contributed by atoms with Crippen LogP contribution in [-0.4, -0.2) is 98.6 Å². The molecule has 296 valence electrons. The quantitative estimate of drug-likeness (QED) is 0.0902. The molecule has 3 rings (SSSR count). The van der Waals surface area contributed by atoms with Gasteiger partial charge in [-0.1, -0.05) is 48.5 Å². The number of ether oxygens (including phenoxy) is 4. The Hall–Kier alpha value is -5.18. The average Bonchev–Trinajstić information content (AvgIpc) is 3.42. The first-order chi connectivity index (χ1) is 25.4. The molecule has 15 nitrogen and oxygen atoms in total. The Morgan fingerprint density at radius 2 is 1.31 bits per heavy atom. The second kappa shape index (κ2) is 19.8. The number of rotatable bonds is 17. The second-order valence-corrected chi connectivity index (χ2v) is 15.0. The van der Waals surface area contributed by atoms with E-state index in [9.17, 15) is 28.8 Å². The van der Waals surface area contributed by atoms with Gasteiger partial charge in [0.2, 0.25) is 17.7 Å². The number of unbranched alkanes of at least 4 members (excludes halogenated alkanes) is 1. The topological polar surface area (TPSA) is 199 Å². The monoisotopic (exact) mass is 753 g/mol. The zero-order valence-corrected chi connectivity index (χ0v) is 32.5. The molecule has 0 fully saturated rings. The molecular weight excluding hydrogens is 698 g/mol. The molecule has 0 unspecified atom stereocenters. The third-order valence-corrected chi connectivity index (χ3v) is 8.24. The third-order valence-electron chi connectivity index (χ3n) is 8.24. The molecule has 0 saturated heterocycles. The summed E-state index contributed by atoms with van der Waals surface area (Å²) in [7, 11) is 1.18. The van der Waals surface area contributed by atoms with E-state index in [1.807, 2.05) is 48.5 Å². The molecule has 5 N–H and O–H groups in total. The number of nitrogens with one attached hydrogen (secondary N) is 5. The number of amides is 5. The molecule has 0 heterocycles. The number of carbonyl (C=O) groups excluding carboxylic acids is 6. The molecule has 0 aliphatic heterocycles. The minimum Gasteiger partial charge on any atom is -0.468 e. The molecule has 2 aromatic carbocycles. The van der Waals surface area contributed by atoms with E-state index in [1.165, 1.54) is 14.0 Å². The Morgan fingerprint density at radius 1 is 0.704 bits per heavy atom. The highest BCUT2D eigenvalue weighted by atomic mass is 16.6. The fourth-order valence-corrected chi connectivity index (χ4v) is 5.58. The predicted molar refractivity (Wildman–Crippen MR) is 200 cm³/mol. The van der Waals surface area contributed by atoms with Gasteiger partial charge in [0.15, 0.2) is 0 Å². The molecule has 0 saturated carbocycles. The summed E-state index contributed by atoms with van der Waals surface area (Å²) in [4.78, 5) is 76.5. The molecule has 1 aliphatic rings. The molecule has 54 heavy (non-hydrogen) atoms. The van der Waals surface area contributed by atoms with Crippen LogP contribution in [0, 0.1) is 0 Å². The molecule has 15 heteroatoms. The zero-order valence-electron chi connectivity index (χ0n) is 32.5. The number of esters is 1. The Kier molecular flexibility index (Phi) is 15.8. The maximum atomic E-state index is 13.5. The summed E-state index contributed by atoms with van der Waals surface area (Å²) in [5.41, 5.74) is 2.90. The van der Waals surface area contributed by atoms with Crippen molar-refractivity contribution in [3.05, 3.63) is 59.7 Å². The van der Waals surface area contributed by atoms with Crippen LogP contribution in [0.3, 0.4) is 0 Å². The fraction of sp³-hybridized carbons (Fsp3) is 0.538. The van der Waals surface area contributed by atoms with Crippen molar-refractivity contribution in [2.45, 2.75) is 103 Å². The molecular formula is C39H55N5O10. The van der Waals surface area contributed by atoms with Crippen LogP contribution in [0.25, 0.3) is 11.1 Å². The molecule has 0 radical (unpaired) electrons. The van der Waals surface area contributed by atoms with E-state index in [0.29, 0.717) is 12.8 Å². The van der Waals surface area contributed by atoms with Crippen molar-refractivity contribution in [2.24, 2.45) is 0 Å². The van der Waals surface area contributed by atoms with Crippen LogP contribution < -0.4 is 26.6 Å². The van der Waals surface area contributed by atoms with Crippen LogP contribution in [-0.2, 0) is 38.1 Å². The van der Waals surface area contributed by atoms with E-state index in [1.54, 1.807) is 41.5 Å². The average molecular weight is 754 g/mol. The Morgan fingerprint density at radius 3 is 1.89 bits per heavy atom. The van der Waals surface area contributed by atoms with Gasteiger partial charge >= 0.3 is 18.2 Å². The summed E-state index contributed by atoms with van der Waals surface area (Å²) < 4.78 is 21.3. The number of carbonyl (C=O) groups is 6. The fourth-order valence-electron chi connectivity index (χ4n) is 5.58. The highest BCUT2D eigenvalue weighted by Crippen LogP contribution is 2.44. The lowest BCUT2D eigenvalue weighted by Gasteiger charge is -2.26.